The van der Waals surface area contributed by atoms with Crippen molar-refractivity contribution >= 4 is 5.91 Å². The van der Waals surface area contributed by atoms with E-state index in [0.717, 1.165) is 12.8 Å². The van der Waals surface area contributed by atoms with Crippen molar-refractivity contribution in [3.63, 3.8) is 0 Å². The maximum Gasteiger partial charge on any atom is 0.258 e. The Bertz CT molecular complexity index is 359. The first-order chi connectivity index (χ1) is 8.16. The lowest BCUT2D eigenvalue weighted by molar-refractivity contribution is 0.0947. The van der Waals surface area contributed by atoms with Gasteiger partial charge in [0.2, 0.25) is 0 Å². The largest absolute Gasteiger partial charge is 0.507 e. The molecule has 0 radical (unpaired) electrons. The number of aromatic hydroxyl groups is 2. The average molecular weight is 239 g/mol. The fourth-order valence-corrected chi connectivity index (χ4v) is 1.46. The van der Waals surface area contributed by atoms with E-state index in [1.807, 2.05) is 0 Å². The molecule has 0 fully saturated rings. The van der Waals surface area contributed by atoms with Crippen molar-refractivity contribution in [1.29, 1.82) is 0 Å². The van der Waals surface area contributed by atoms with E-state index in [0.29, 0.717) is 13.0 Å². The molecule has 0 saturated carbocycles. The Morgan fingerprint density at radius 2 is 1.76 bits per heavy atom. The summed E-state index contributed by atoms with van der Waals surface area (Å²) in [5, 5.41) is 30.1. The van der Waals surface area contributed by atoms with Crippen LogP contribution in [0.2, 0.25) is 0 Å². The standard InChI is InChI=1S/C12H17NO4/c14-8-3-1-2-7-13-12(17)11-9(15)5-4-6-10(11)16/h4-6,14-16H,1-3,7-8H2,(H,13,17). The van der Waals surface area contributed by atoms with Gasteiger partial charge in [0.15, 0.2) is 0 Å². The molecule has 0 atom stereocenters. The molecule has 1 rings (SSSR count). The van der Waals surface area contributed by atoms with Crippen LogP contribution in [0, 0.1) is 0 Å². The number of benzene rings is 1. The van der Waals surface area contributed by atoms with E-state index in [4.69, 9.17) is 5.11 Å². The molecule has 0 saturated heterocycles. The van der Waals surface area contributed by atoms with Crippen LogP contribution in [-0.2, 0) is 0 Å². The minimum absolute atomic E-state index is 0.102. The second kappa shape index (κ2) is 6.75. The van der Waals surface area contributed by atoms with Gasteiger partial charge in [-0.2, -0.15) is 0 Å². The van der Waals surface area contributed by atoms with Gasteiger partial charge in [-0.05, 0) is 31.4 Å². The Balaban J connectivity index is 2.47. The first-order valence-corrected chi connectivity index (χ1v) is 5.57. The molecule has 17 heavy (non-hydrogen) atoms. The SMILES string of the molecule is O=C(NCCCCCO)c1c(O)cccc1O. The van der Waals surface area contributed by atoms with Crippen molar-refractivity contribution in [1.82, 2.24) is 5.32 Å². The number of aliphatic hydroxyl groups is 1. The molecule has 0 aliphatic heterocycles. The number of carbonyl (C=O) groups excluding carboxylic acids is 1. The molecule has 0 bridgehead atoms. The summed E-state index contributed by atoms with van der Waals surface area (Å²) in [7, 11) is 0. The van der Waals surface area contributed by atoms with Crippen LogP contribution in [-0.4, -0.2) is 34.4 Å². The topological polar surface area (TPSA) is 89.8 Å². The zero-order valence-corrected chi connectivity index (χ0v) is 9.52. The Morgan fingerprint density at radius 1 is 1.12 bits per heavy atom. The first kappa shape index (κ1) is 13.3. The summed E-state index contributed by atoms with van der Waals surface area (Å²) in [6, 6.07) is 4.16. The molecule has 1 aromatic carbocycles. The van der Waals surface area contributed by atoms with E-state index < -0.39 is 5.91 Å². The maximum absolute atomic E-state index is 11.6. The third kappa shape index (κ3) is 3.96. The molecule has 4 N–H and O–H groups in total. The van der Waals surface area contributed by atoms with Gasteiger partial charge in [0.05, 0.1) is 0 Å². The highest BCUT2D eigenvalue weighted by atomic mass is 16.3. The van der Waals surface area contributed by atoms with Gasteiger partial charge in [-0.3, -0.25) is 4.79 Å². The number of phenolic OH excluding ortho intramolecular Hbond substituents is 2. The number of rotatable bonds is 6. The van der Waals surface area contributed by atoms with Crippen molar-refractivity contribution in [2.45, 2.75) is 19.3 Å². The van der Waals surface area contributed by atoms with Crippen LogP contribution in [0.4, 0.5) is 0 Å². The van der Waals surface area contributed by atoms with Gasteiger partial charge in [0.25, 0.3) is 5.91 Å². The van der Waals surface area contributed by atoms with Gasteiger partial charge < -0.3 is 20.6 Å². The summed E-state index contributed by atoms with van der Waals surface area (Å²) >= 11 is 0. The molecule has 0 spiro atoms. The summed E-state index contributed by atoms with van der Waals surface area (Å²) < 4.78 is 0. The van der Waals surface area contributed by atoms with Crippen LogP contribution in [0.15, 0.2) is 18.2 Å². The first-order valence-electron chi connectivity index (χ1n) is 5.57. The van der Waals surface area contributed by atoms with Gasteiger partial charge >= 0.3 is 0 Å². The smallest absolute Gasteiger partial charge is 0.258 e. The number of aliphatic hydroxyl groups excluding tert-OH is 1. The number of amides is 1. The molecule has 5 heteroatoms. The molecule has 1 aromatic rings. The van der Waals surface area contributed by atoms with E-state index in [-0.39, 0.29) is 23.7 Å². The summed E-state index contributed by atoms with van der Waals surface area (Å²) in [6.45, 7) is 0.598. The van der Waals surface area contributed by atoms with Crippen molar-refractivity contribution in [2.24, 2.45) is 0 Å². The predicted molar refractivity (Wildman–Crippen MR) is 63.0 cm³/mol. The third-order valence-corrected chi connectivity index (χ3v) is 2.37. The Kier molecular flexibility index (Phi) is 5.29. The Hall–Kier alpha value is -1.75. The minimum atomic E-state index is -0.496. The lowest BCUT2D eigenvalue weighted by Gasteiger charge is -2.08. The van der Waals surface area contributed by atoms with E-state index in [9.17, 15) is 15.0 Å². The summed E-state index contributed by atoms with van der Waals surface area (Å²) in [6.07, 6.45) is 2.28. The molecule has 5 nitrogen and oxygen atoms in total. The zero-order chi connectivity index (χ0) is 12.7. The van der Waals surface area contributed by atoms with Crippen LogP contribution >= 0.6 is 0 Å². The molecule has 0 aliphatic carbocycles. The monoisotopic (exact) mass is 239 g/mol. The maximum atomic E-state index is 11.6. The van der Waals surface area contributed by atoms with Crippen molar-refractivity contribution in [3.05, 3.63) is 23.8 Å². The van der Waals surface area contributed by atoms with Crippen LogP contribution in [0.25, 0.3) is 0 Å². The summed E-state index contributed by atoms with van der Waals surface area (Å²) in [5.41, 5.74) is -0.102. The minimum Gasteiger partial charge on any atom is -0.507 e. The molecule has 0 heterocycles. The van der Waals surface area contributed by atoms with Crippen LogP contribution in [0.5, 0.6) is 11.5 Å². The van der Waals surface area contributed by atoms with Gasteiger partial charge in [-0.25, -0.2) is 0 Å². The number of nitrogens with one attached hydrogen (secondary N) is 1. The molecule has 94 valence electrons. The lowest BCUT2D eigenvalue weighted by atomic mass is 10.1. The number of phenols is 2. The van der Waals surface area contributed by atoms with E-state index >= 15 is 0 Å². The van der Waals surface area contributed by atoms with E-state index in [2.05, 4.69) is 5.32 Å². The molecular formula is C12H17NO4. The van der Waals surface area contributed by atoms with E-state index in [1.165, 1.54) is 18.2 Å². The number of unbranched alkanes of at least 4 members (excludes halogenated alkanes) is 2. The second-order valence-corrected chi connectivity index (χ2v) is 3.71. The number of carbonyl (C=O) groups is 1. The van der Waals surface area contributed by atoms with Crippen molar-refractivity contribution in [2.75, 3.05) is 13.2 Å². The van der Waals surface area contributed by atoms with Crippen molar-refractivity contribution in [3.8, 4) is 11.5 Å². The molecular weight excluding hydrogens is 222 g/mol. The van der Waals surface area contributed by atoms with Crippen LogP contribution < -0.4 is 5.32 Å². The van der Waals surface area contributed by atoms with Crippen LogP contribution in [0.3, 0.4) is 0 Å². The molecule has 0 aromatic heterocycles. The molecule has 0 unspecified atom stereocenters. The van der Waals surface area contributed by atoms with Gasteiger partial charge in [0, 0.05) is 13.2 Å². The normalized spacial score (nSPS) is 10.2. The summed E-state index contributed by atoms with van der Waals surface area (Å²) in [5.74, 6) is -0.972. The second-order valence-electron chi connectivity index (χ2n) is 3.71. The van der Waals surface area contributed by atoms with Crippen LogP contribution in [0.1, 0.15) is 29.6 Å². The highest BCUT2D eigenvalue weighted by Gasteiger charge is 2.14. The highest BCUT2D eigenvalue weighted by Crippen LogP contribution is 2.25. The zero-order valence-electron chi connectivity index (χ0n) is 9.52. The Labute approximate surface area is 99.7 Å². The van der Waals surface area contributed by atoms with Gasteiger partial charge in [-0.1, -0.05) is 6.07 Å². The van der Waals surface area contributed by atoms with Crippen molar-refractivity contribution < 1.29 is 20.1 Å². The van der Waals surface area contributed by atoms with Gasteiger partial charge in [-0.15, -0.1) is 0 Å². The fourth-order valence-electron chi connectivity index (χ4n) is 1.46. The third-order valence-electron chi connectivity index (χ3n) is 2.37. The lowest BCUT2D eigenvalue weighted by Crippen LogP contribution is -2.24. The average Bonchev–Trinajstić information content (AvgIpc) is 2.28. The highest BCUT2D eigenvalue weighted by molar-refractivity contribution is 5.99. The van der Waals surface area contributed by atoms with E-state index in [1.54, 1.807) is 0 Å². The quantitative estimate of drug-likeness (QED) is 0.557. The molecule has 1 amide bonds. The molecule has 0 aliphatic rings. The number of hydrogen-bond donors (Lipinski definition) is 4. The number of hydrogen-bond acceptors (Lipinski definition) is 4. The van der Waals surface area contributed by atoms with Gasteiger partial charge in [0.1, 0.15) is 17.1 Å². The fraction of sp³-hybridized carbons (Fsp3) is 0.417. The summed E-state index contributed by atoms with van der Waals surface area (Å²) in [4.78, 5) is 11.6. The predicted octanol–water partition coefficient (Wildman–Crippen LogP) is 0.990. The Morgan fingerprint density at radius 3 is 2.35 bits per heavy atom.